The van der Waals surface area contributed by atoms with Crippen LogP contribution >= 0.6 is 0 Å². The lowest BCUT2D eigenvalue weighted by atomic mass is 10.0. The maximum absolute atomic E-state index is 12.3. The Labute approximate surface area is 131 Å². The molecule has 0 fully saturated rings. The molecule has 0 radical (unpaired) electrons. The molecule has 1 amide bonds. The average Bonchev–Trinajstić information content (AvgIpc) is 2.46. The van der Waals surface area contributed by atoms with Crippen molar-refractivity contribution in [2.45, 2.75) is 24.8 Å². The second-order valence-corrected chi connectivity index (χ2v) is 7.37. The van der Waals surface area contributed by atoms with Gasteiger partial charge in [0.2, 0.25) is 0 Å². The van der Waals surface area contributed by atoms with E-state index in [0.29, 0.717) is 5.56 Å². The van der Waals surface area contributed by atoms with E-state index in [9.17, 15) is 13.2 Å². The fourth-order valence-corrected chi connectivity index (χ4v) is 2.97. The first kappa shape index (κ1) is 16.2. The zero-order valence-corrected chi connectivity index (χ0v) is 13.6. The molecule has 0 aliphatic heterocycles. The third kappa shape index (κ3) is 3.74. The summed E-state index contributed by atoms with van der Waals surface area (Å²) in [4.78, 5) is 12.5. The van der Waals surface area contributed by atoms with E-state index >= 15 is 0 Å². The number of aryl methyl sites for hydroxylation is 1. The fraction of sp³-hybridized carbons (Fsp3) is 0.235. The zero-order valence-electron chi connectivity index (χ0n) is 12.8. The van der Waals surface area contributed by atoms with Gasteiger partial charge >= 0.3 is 0 Å². The van der Waals surface area contributed by atoms with Gasteiger partial charge in [-0.2, -0.15) is 0 Å². The Hall–Kier alpha value is -2.14. The van der Waals surface area contributed by atoms with Crippen LogP contribution in [0.15, 0.2) is 53.4 Å². The van der Waals surface area contributed by atoms with Crippen LogP contribution in [0, 0.1) is 6.92 Å². The molecular formula is C17H19NO3S. The standard InChI is InChI=1S/C17H19NO3S/c1-12-7-4-5-10-16(12)13(2)18-17(19)14-8-6-9-15(11-14)22(3,20)21/h4-11,13H,1-3H3,(H,18,19)/t13-/m0/s1. The highest BCUT2D eigenvalue weighted by molar-refractivity contribution is 7.90. The lowest BCUT2D eigenvalue weighted by Gasteiger charge is -2.16. The van der Waals surface area contributed by atoms with E-state index in [-0.39, 0.29) is 16.8 Å². The van der Waals surface area contributed by atoms with Crippen LogP contribution in [0.25, 0.3) is 0 Å². The normalized spacial score (nSPS) is 12.7. The molecule has 0 unspecified atom stereocenters. The van der Waals surface area contributed by atoms with Crippen LogP contribution in [-0.4, -0.2) is 20.6 Å². The van der Waals surface area contributed by atoms with Gasteiger partial charge in [0.25, 0.3) is 5.91 Å². The smallest absolute Gasteiger partial charge is 0.251 e. The molecule has 0 aromatic heterocycles. The van der Waals surface area contributed by atoms with Crippen molar-refractivity contribution < 1.29 is 13.2 Å². The Morgan fingerprint density at radius 1 is 1.09 bits per heavy atom. The zero-order chi connectivity index (χ0) is 16.3. The van der Waals surface area contributed by atoms with E-state index in [1.807, 2.05) is 38.1 Å². The van der Waals surface area contributed by atoms with E-state index in [2.05, 4.69) is 5.32 Å². The van der Waals surface area contributed by atoms with Crippen molar-refractivity contribution in [3.05, 3.63) is 65.2 Å². The number of carbonyl (C=O) groups excluding carboxylic acids is 1. The lowest BCUT2D eigenvalue weighted by molar-refractivity contribution is 0.0939. The van der Waals surface area contributed by atoms with Crippen molar-refractivity contribution in [3.8, 4) is 0 Å². The molecule has 22 heavy (non-hydrogen) atoms. The largest absolute Gasteiger partial charge is 0.346 e. The van der Waals surface area contributed by atoms with Crippen LogP contribution in [0.3, 0.4) is 0 Å². The number of benzene rings is 2. The summed E-state index contributed by atoms with van der Waals surface area (Å²) in [7, 11) is -3.33. The summed E-state index contributed by atoms with van der Waals surface area (Å²) >= 11 is 0. The average molecular weight is 317 g/mol. The number of hydrogen-bond donors (Lipinski definition) is 1. The summed E-state index contributed by atoms with van der Waals surface area (Å²) in [5, 5.41) is 2.90. The Kier molecular flexibility index (Phi) is 4.66. The predicted octanol–water partition coefficient (Wildman–Crippen LogP) is 2.89. The predicted molar refractivity (Wildman–Crippen MR) is 86.6 cm³/mol. The Morgan fingerprint density at radius 2 is 1.77 bits per heavy atom. The molecule has 1 atom stereocenters. The maximum atomic E-state index is 12.3. The fourth-order valence-electron chi connectivity index (χ4n) is 2.30. The first-order valence-corrected chi connectivity index (χ1v) is 8.84. The summed E-state index contributed by atoms with van der Waals surface area (Å²) < 4.78 is 23.1. The highest BCUT2D eigenvalue weighted by atomic mass is 32.2. The number of rotatable bonds is 4. The van der Waals surface area contributed by atoms with Gasteiger partial charge in [-0.05, 0) is 43.2 Å². The van der Waals surface area contributed by atoms with Crippen molar-refractivity contribution in [1.82, 2.24) is 5.32 Å². The van der Waals surface area contributed by atoms with Crippen LogP contribution in [-0.2, 0) is 9.84 Å². The summed E-state index contributed by atoms with van der Waals surface area (Å²) in [5.41, 5.74) is 2.47. The minimum Gasteiger partial charge on any atom is -0.346 e. The van der Waals surface area contributed by atoms with E-state index in [0.717, 1.165) is 17.4 Å². The van der Waals surface area contributed by atoms with E-state index in [4.69, 9.17) is 0 Å². The summed E-state index contributed by atoms with van der Waals surface area (Å²) in [5.74, 6) is -0.291. The van der Waals surface area contributed by atoms with E-state index < -0.39 is 9.84 Å². The quantitative estimate of drug-likeness (QED) is 0.943. The van der Waals surface area contributed by atoms with Gasteiger partial charge in [0.15, 0.2) is 9.84 Å². The highest BCUT2D eigenvalue weighted by Gasteiger charge is 2.15. The molecule has 0 aliphatic carbocycles. The monoisotopic (exact) mass is 317 g/mol. The minimum atomic E-state index is -3.33. The Bertz CT molecular complexity index is 797. The van der Waals surface area contributed by atoms with Crippen molar-refractivity contribution in [3.63, 3.8) is 0 Å². The Morgan fingerprint density at radius 3 is 2.41 bits per heavy atom. The first-order chi connectivity index (χ1) is 10.3. The number of hydrogen-bond acceptors (Lipinski definition) is 3. The van der Waals surface area contributed by atoms with Crippen LogP contribution in [0.5, 0.6) is 0 Å². The van der Waals surface area contributed by atoms with Gasteiger partial charge in [-0.15, -0.1) is 0 Å². The number of amides is 1. The molecule has 4 nitrogen and oxygen atoms in total. The second kappa shape index (κ2) is 6.32. The molecule has 2 rings (SSSR count). The molecule has 116 valence electrons. The van der Waals surface area contributed by atoms with Crippen LogP contribution in [0.1, 0.15) is 34.5 Å². The van der Waals surface area contributed by atoms with Gasteiger partial charge in [-0.3, -0.25) is 4.79 Å². The van der Waals surface area contributed by atoms with Gasteiger partial charge in [-0.25, -0.2) is 8.42 Å². The van der Waals surface area contributed by atoms with Crippen LogP contribution in [0.2, 0.25) is 0 Å². The van der Waals surface area contributed by atoms with Gasteiger partial charge < -0.3 is 5.32 Å². The van der Waals surface area contributed by atoms with Crippen molar-refractivity contribution in [2.75, 3.05) is 6.26 Å². The van der Waals surface area contributed by atoms with E-state index in [1.165, 1.54) is 12.1 Å². The Balaban J connectivity index is 2.21. The second-order valence-electron chi connectivity index (χ2n) is 5.35. The molecular weight excluding hydrogens is 298 g/mol. The third-order valence-corrected chi connectivity index (χ3v) is 4.64. The summed E-state index contributed by atoms with van der Waals surface area (Å²) in [6.45, 7) is 3.89. The first-order valence-electron chi connectivity index (χ1n) is 6.95. The topological polar surface area (TPSA) is 63.2 Å². The molecule has 0 saturated carbocycles. The summed E-state index contributed by atoms with van der Waals surface area (Å²) in [6, 6.07) is 13.7. The molecule has 0 bridgehead atoms. The number of carbonyl (C=O) groups is 1. The highest BCUT2D eigenvalue weighted by Crippen LogP contribution is 2.18. The lowest BCUT2D eigenvalue weighted by Crippen LogP contribution is -2.27. The summed E-state index contributed by atoms with van der Waals surface area (Å²) in [6.07, 6.45) is 1.12. The van der Waals surface area contributed by atoms with Gasteiger partial charge in [-0.1, -0.05) is 30.3 Å². The molecule has 0 aliphatic rings. The van der Waals surface area contributed by atoms with Crippen molar-refractivity contribution in [2.24, 2.45) is 0 Å². The van der Waals surface area contributed by atoms with Crippen molar-refractivity contribution in [1.29, 1.82) is 0 Å². The maximum Gasteiger partial charge on any atom is 0.251 e. The SMILES string of the molecule is Cc1ccccc1[C@H](C)NC(=O)c1cccc(S(C)(=O)=O)c1. The minimum absolute atomic E-state index is 0.142. The molecule has 0 spiro atoms. The van der Waals surface area contributed by atoms with Crippen LogP contribution in [0.4, 0.5) is 0 Å². The third-order valence-electron chi connectivity index (χ3n) is 3.53. The number of sulfone groups is 1. The van der Waals surface area contributed by atoms with Crippen molar-refractivity contribution >= 4 is 15.7 Å². The molecule has 2 aromatic rings. The van der Waals surface area contributed by atoms with Crippen LogP contribution < -0.4 is 5.32 Å². The van der Waals surface area contributed by atoms with Gasteiger partial charge in [0.1, 0.15) is 0 Å². The molecule has 1 N–H and O–H groups in total. The van der Waals surface area contributed by atoms with Gasteiger partial charge in [0.05, 0.1) is 10.9 Å². The molecule has 0 saturated heterocycles. The molecule has 2 aromatic carbocycles. The molecule has 0 heterocycles. The van der Waals surface area contributed by atoms with Gasteiger partial charge in [0, 0.05) is 11.8 Å². The number of nitrogens with one attached hydrogen (secondary N) is 1. The molecule has 5 heteroatoms. The van der Waals surface area contributed by atoms with E-state index in [1.54, 1.807) is 12.1 Å².